The molecule has 0 fully saturated rings. The lowest BCUT2D eigenvalue weighted by Crippen LogP contribution is -2.18. The van der Waals surface area contributed by atoms with E-state index in [1.807, 2.05) is 26.0 Å². The standard InChI is InChI=1S/C14H20N2O2/c1-5-13-12(11(4)18-16-13)8-15-10(3)14-7-6-9(2)17-14/h6-7,10,15H,5,8H2,1-4H3/t10-/m0/s1. The van der Waals surface area contributed by atoms with Crippen molar-refractivity contribution in [1.82, 2.24) is 10.5 Å². The molecule has 0 radical (unpaired) electrons. The van der Waals surface area contributed by atoms with Gasteiger partial charge in [0, 0.05) is 12.1 Å². The molecule has 0 aliphatic rings. The zero-order chi connectivity index (χ0) is 13.1. The Bertz CT molecular complexity index is 514. The molecule has 0 spiro atoms. The maximum atomic E-state index is 5.60. The number of rotatable bonds is 5. The molecule has 0 unspecified atom stereocenters. The lowest BCUT2D eigenvalue weighted by Gasteiger charge is -2.11. The molecule has 4 nitrogen and oxygen atoms in total. The fourth-order valence-corrected chi connectivity index (χ4v) is 1.98. The molecule has 0 bridgehead atoms. The van der Waals surface area contributed by atoms with Crippen LogP contribution >= 0.6 is 0 Å². The zero-order valence-electron chi connectivity index (χ0n) is 11.4. The van der Waals surface area contributed by atoms with E-state index in [1.54, 1.807) is 0 Å². The predicted molar refractivity (Wildman–Crippen MR) is 69.3 cm³/mol. The average Bonchev–Trinajstić information content (AvgIpc) is 2.93. The summed E-state index contributed by atoms with van der Waals surface area (Å²) in [4.78, 5) is 0. The highest BCUT2D eigenvalue weighted by Gasteiger charge is 2.14. The van der Waals surface area contributed by atoms with Gasteiger partial charge in [-0.3, -0.25) is 0 Å². The van der Waals surface area contributed by atoms with Crippen LogP contribution in [0.15, 0.2) is 21.1 Å². The number of furan rings is 1. The molecule has 0 amide bonds. The molecule has 0 aromatic carbocycles. The van der Waals surface area contributed by atoms with Crippen molar-refractivity contribution in [2.75, 3.05) is 0 Å². The highest BCUT2D eigenvalue weighted by atomic mass is 16.5. The molecule has 2 aromatic rings. The molecule has 98 valence electrons. The third kappa shape index (κ3) is 2.64. The van der Waals surface area contributed by atoms with Gasteiger partial charge in [0.25, 0.3) is 0 Å². The first-order valence-corrected chi connectivity index (χ1v) is 6.35. The predicted octanol–water partition coefficient (Wildman–Crippen LogP) is 3.30. The van der Waals surface area contributed by atoms with Gasteiger partial charge in [0.15, 0.2) is 0 Å². The summed E-state index contributed by atoms with van der Waals surface area (Å²) in [6, 6.07) is 4.17. The van der Waals surface area contributed by atoms with E-state index in [1.165, 1.54) is 0 Å². The Morgan fingerprint density at radius 2 is 2.11 bits per heavy atom. The van der Waals surface area contributed by atoms with Gasteiger partial charge in [0.2, 0.25) is 0 Å². The van der Waals surface area contributed by atoms with Gasteiger partial charge < -0.3 is 14.3 Å². The van der Waals surface area contributed by atoms with Gasteiger partial charge in [-0.1, -0.05) is 12.1 Å². The minimum atomic E-state index is 0.178. The fourth-order valence-electron chi connectivity index (χ4n) is 1.98. The van der Waals surface area contributed by atoms with Crippen LogP contribution < -0.4 is 5.32 Å². The largest absolute Gasteiger partial charge is 0.465 e. The lowest BCUT2D eigenvalue weighted by molar-refractivity contribution is 0.388. The molecule has 0 saturated heterocycles. The van der Waals surface area contributed by atoms with Crippen LogP contribution in [0.3, 0.4) is 0 Å². The van der Waals surface area contributed by atoms with Crippen LogP contribution in [0.2, 0.25) is 0 Å². The molecule has 4 heteroatoms. The Morgan fingerprint density at radius 3 is 2.72 bits per heavy atom. The van der Waals surface area contributed by atoms with Crippen LogP contribution in [0, 0.1) is 13.8 Å². The molecule has 2 aromatic heterocycles. The second-order valence-corrected chi connectivity index (χ2v) is 4.57. The van der Waals surface area contributed by atoms with E-state index in [4.69, 9.17) is 8.94 Å². The second kappa shape index (κ2) is 5.40. The third-order valence-electron chi connectivity index (χ3n) is 3.17. The number of hydrogen-bond donors (Lipinski definition) is 1. The summed E-state index contributed by atoms with van der Waals surface area (Å²) in [5, 5.41) is 7.49. The van der Waals surface area contributed by atoms with Crippen molar-refractivity contribution in [2.24, 2.45) is 0 Å². The van der Waals surface area contributed by atoms with E-state index in [-0.39, 0.29) is 6.04 Å². The van der Waals surface area contributed by atoms with Crippen LogP contribution in [0.4, 0.5) is 0 Å². The summed E-state index contributed by atoms with van der Waals surface area (Å²) >= 11 is 0. The Kier molecular flexibility index (Phi) is 3.87. The number of aromatic nitrogens is 1. The molecule has 0 aliphatic carbocycles. The summed E-state index contributed by atoms with van der Waals surface area (Å²) in [5.41, 5.74) is 2.19. The summed E-state index contributed by atoms with van der Waals surface area (Å²) < 4.78 is 10.8. The van der Waals surface area contributed by atoms with E-state index in [2.05, 4.69) is 24.3 Å². The highest BCUT2D eigenvalue weighted by Crippen LogP contribution is 2.18. The molecule has 2 rings (SSSR count). The highest BCUT2D eigenvalue weighted by molar-refractivity contribution is 5.22. The zero-order valence-corrected chi connectivity index (χ0v) is 11.4. The molecule has 0 aliphatic heterocycles. The van der Waals surface area contributed by atoms with E-state index in [0.29, 0.717) is 0 Å². The molecule has 18 heavy (non-hydrogen) atoms. The Labute approximate surface area is 107 Å². The van der Waals surface area contributed by atoms with Gasteiger partial charge in [0.05, 0.1) is 11.7 Å². The van der Waals surface area contributed by atoms with E-state index in [0.717, 1.165) is 41.5 Å². The number of nitrogens with zero attached hydrogens (tertiary/aromatic N) is 1. The molecular formula is C14H20N2O2. The van der Waals surface area contributed by atoms with Gasteiger partial charge >= 0.3 is 0 Å². The van der Waals surface area contributed by atoms with E-state index >= 15 is 0 Å². The number of aryl methyl sites for hydroxylation is 3. The number of nitrogens with one attached hydrogen (secondary N) is 1. The summed E-state index contributed by atoms with van der Waals surface area (Å²) in [7, 11) is 0. The van der Waals surface area contributed by atoms with Crippen molar-refractivity contribution in [3.05, 3.63) is 40.7 Å². The quantitative estimate of drug-likeness (QED) is 0.882. The molecule has 0 saturated carbocycles. The average molecular weight is 248 g/mol. The maximum absolute atomic E-state index is 5.60. The lowest BCUT2D eigenvalue weighted by atomic mass is 10.1. The first kappa shape index (κ1) is 12.9. The van der Waals surface area contributed by atoms with Crippen LogP contribution in [0.1, 0.15) is 48.4 Å². The normalized spacial score (nSPS) is 12.9. The van der Waals surface area contributed by atoms with Gasteiger partial charge in [0.1, 0.15) is 17.3 Å². The van der Waals surface area contributed by atoms with E-state index in [9.17, 15) is 0 Å². The van der Waals surface area contributed by atoms with Crippen molar-refractivity contribution in [2.45, 2.75) is 46.7 Å². The first-order valence-electron chi connectivity index (χ1n) is 6.35. The second-order valence-electron chi connectivity index (χ2n) is 4.57. The SMILES string of the molecule is CCc1noc(C)c1CN[C@@H](C)c1ccc(C)o1. The van der Waals surface area contributed by atoms with Gasteiger partial charge in [-0.25, -0.2) is 0 Å². The molecular weight excluding hydrogens is 228 g/mol. The minimum absolute atomic E-state index is 0.178. The fraction of sp³-hybridized carbons (Fsp3) is 0.500. The van der Waals surface area contributed by atoms with Crippen molar-refractivity contribution in [1.29, 1.82) is 0 Å². The third-order valence-corrected chi connectivity index (χ3v) is 3.17. The summed E-state index contributed by atoms with van der Waals surface area (Å²) in [5.74, 6) is 2.79. The summed E-state index contributed by atoms with van der Waals surface area (Å²) in [6.45, 7) is 8.83. The van der Waals surface area contributed by atoms with Crippen molar-refractivity contribution in [3.8, 4) is 0 Å². The Morgan fingerprint density at radius 1 is 1.33 bits per heavy atom. The molecule has 1 atom stereocenters. The summed E-state index contributed by atoms with van der Waals surface area (Å²) in [6.07, 6.45) is 0.891. The van der Waals surface area contributed by atoms with Crippen LogP contribution in [0.5, 0.6) is 0 Å². The Balaban J connectivity index is 2.01. The van der Waals surface area contributed by atoms with E-state index < -0.39 is 0 Å². The smallest absolute Gasteiger partial charge is 0.138 e. The first-order chi connectivity index (χ1) is 8.61. The minimum Gasteiger partial charge on any atom is -0.465 e. The molecule has 1 N–H and O–H groups in total. The van der Waals surface area contributed by atoms with Gasteiger partial charge in [-0.05, 0) is 39.3 Å². The van der Waals surface area contributed by atoms with Gasteiger partial charge in [-0.2, -0.15) is 0 Å². The van der Waals surface area contributed by atoms with Crippen molar-refractivity contribution in [3.63, 3.8) is 0 Å². The maximum Gasteiger partial charge on any atom is 0.138 e. The van der Waals surface area contributed by atoms with Crippen molar-refractivity contribution < 1.29 is 8.94 Å². The number of hydrogen-bond acceptors (Lipinski definition) is 4. The molecule has 2 heterocycles. The van der Waals surface area contributed by atoms with Crippen molar-refractivity contribution >= 4 is 0 Å². The van der Waals surface area contributed by atoms with Crippen LogP contribution in [-0.2, 0) is 13.0 Å². The topological polar surface area (TPSA) is 51.2 Å². The van der Waals surface area contributed by atoms with Crippen LogP contribution in [-0.4, -0.2) is 5.16 Å². The monoisotopic (exact) mass is 248 g/mol. The Hall–Kier alpha value is -1.55. The van der Waals surface area contributed by atoms with Crippen LogP contribution in [0.25, 0.3) is 0 Å². The van der Waals surface area contributed by atoms with Gasteiger partial charge in [-0.15, -0.1) is 0 Å².